The predicted octanol–water partition coefficient (Wildman–Crippen LogP) is 5.80. The minimum atomic E-state index is -0.183. The highest BCUT2D eigenvalue weighted by Gasteiger charge is 2.23. The fourth-order valence-corrected chi connectivity index (χ4v) is 4.79. The Morgan fingerprint density at radius 1 is 0.909 bits per heavy atom. The van der Waals surface area contributed by atoms with Crippen LogP contribution >= 0.6 is 0 Å². The van der Waals surface area contributed by atoms with Crippen LogP contribution in [0.3, 0.4) is 0 Å². The molecule has 0 saturated carbocycles. The van der Waals surface area contributed by atoms with Crippen molar-refractivity contribution >= 4 is 5.91 Å². The molecule has 1 saturated heterocycles. The van der Waals surface area contributed by atoms with E-state index in [2.05, 4.69) is 41.3 Å². The summed E-state index contributed by atoms with van der Waals surface area (Å²) in [4.78, 5) is 16.8. The molecule has 0 radical (unpaired) electrons. The summed E-state index contributed by atoms with van der Waals surface area (Å²) >= 11 is 0. The van der Waals surface area contributed by atoms with Gasteiger partial charge in [0, 0.05) is 26.6 Å². The number of hydrogen-bond acceptors (Lipinski definition) is 2. The monoisotopic (exact) mass is 444 g/mol. The van der Waals surface area contributed by atoms with Crippen LogP contribution < -0.4 is 0 Å². The molecular formula is C29H33FN2O. The predicted molar refractivity (Wildman–Crippen MR) is 131 cm³/mol. The van der Waals surface area contributed by atoms with E-state index < -0.39 is 0 Å². The van der Waals surface area contributed by atoms with Gasteiger partial charge < -0.3 is 4.90 Å². The van der Waals surface area contributed by atoms with Crippen molar-refractivity contribution in [3.8, 4) is 0 Å². The largest absolute Gasteiger partial charge is 0.338 e. The highest BCUT2D eigenvalue weighted by Crippen LogP contribution is 2.31. The maximum atomic E-state index is 13.2. The van der Waals surface area contributed by atoms with Crippen LogP contribution in [0.2, 0.25) is 0 Å². The Hall–Kier alpha value is -2.98. The molecule has 0 aliphatic carbocycles. The molecular weight excluding hydrogens is 411 g/mol. The Labute approximate surface area is 196 Å². The lowest BCUT2D eigenvalue weighted by Gasteiger charge is -2.33. The molecule has 172 valence electrons. The summed E-state index contributed by atoms with van der Waals surface area (Å²) in [5.74, 6) is 0.445. The third-order valence-electron chi connectivity index (χ3n) is 6.72. The van der Waals surface area contributed by atoms with Gasteiger partial charge in [0.25, 0.3) is 0 Å². The van der Waals surface area contributed by atoms with E-state index in [0.717, 1.165) is 51.0 Å². The Kier molecular flexibility index (Phi) is 7.90. The van der Waals surface area contributed by atoms with E-state index in [1.54, 1.807) is 6.92 Å². The number of amides is 1. The summed E-state index contributed by atoms with van der Waals surface area (Å²) in [6, 6.07) is 25.8. The molecule has 0 spiro atoms. The highest BCUT2D eigenvalue weighted by molar-refractivity contribution is 5.73. The SMILES string of the molecule is CC(=O)N(CCc1ccccc1)Cc1ccccc1C1CCN(Cc2ccc(F)cc2)CC1. The molecule has 0 unspecified atom stereocenters. The zero-order chi connectivity index (χ0) is 23.0. The number of rotatable bonds is 8. The maximum Gasteiger partial charge on any atom is 0.219 e. The molecule has 0 N–H and O–H groups in total. The number of carbonyl (C=O) groups excluding carboxylic acids is 1. The van der Waals surface area contributed by atoms with Crippen molar-refractivity contribution in [2.45, 2.75) is 45.2 Å². The van der Waals surface area contributed by atoms with E-state index in [1.807, 2.05) is 35.2 Å². The standard InChI is InChI=1S/C29H33FN2O/c1-23(33)32(20-15-24-7-3-2-4-8-24)22-27-9-5-6-10-29(27)26-16-18-31(19-17-26)21-25-11-13-28(30)14-12-25/h2-14,26H,15-22H2,1H3. The van der Waals surface area contributed by atoms with Gasteiger partial charge in [-0.15, -0.1) is 0 Å². The molecule has 33 heavy (non-hydrogen) atoms. The van der Waals surface area contributed by atoms with Crippen molar-refractivity contribution in [2.24, 2.45) is 0 Å². The van der Waals surface area contributed by atoms with Gasteiger partial charge in [-0.2, -0.15) is 0 Å². The lowest BCUT2D eigenvalue weighted by Crippen LogP contribution is -2.33. The number of hydrogen-bond donors (Lipinski definition) is 0. The van der Waals surface area contributed by atoms with Gasteiger partial charge in [-0.05, 0) is 72.7 Å². The van der Waals surface area contributed by atoms with E-state index in [9.17, 15) is 9.18 Å². The first-order valence-electron chi connectivity index (χ1n) is 11.9. The third kappa shape index (κ3) is 6.52. The van der Waals surface area contributed by atoms with Crippen LogP contribution in [0.1, 0.15) is 47.9 Å². The van der Waals surface area contributed by atoms with Crippen LogP contribution in [0, 0.1) is 5.82 Å². The normalized spacial score (nSPS) is 14.8. The lowest BCUT2D eigenvalue weighted by atomic mass is 9.86. The molecule has 1 aliphatic rings. The van der Waals surface area contributed by atoms with Crippen molar-refractivity contribution in [3.63, 3.8) is 0 Å². The smallest absolute Gasteiger partial charge is 0.219 e. The average molecular weight is 445 g/mol. The fraction of sp³-hybridized carbons (Fsp3) is 0.345. The summed E-state index contributed by atoms with van der Waals surface area (Å²) in [5, 5.41) is 0. The van der Waals surface area contributed by atoms with Gasteiger partial charge in [0.05, 0.1) is 0 Å². The molecule has 3 aromatic rings. The van der Waals surface area contributed by atoms with Crippen molar-refractivity contribution in [1.82, 2.24) is 9.80 Å². The van der Waals surface area contributed by atoms with Gasteiger partial charge in [-0.1, -0.05) is 66.7 Å². The molecule has 3 nitrogen and oxygen atoms in total. The summed E-state index contributed by atoms with van der Waals surface area (Å²) in [6.07, 6.45) is 3.06. The average Bonchev–Trinajstić information content (AvgIpc) is 2.84. The summed E-state index contributed by atoms with van der Waals surface area (Å²) in [5.41, 5.74) is 5.05. The van der Waals surface area contributed by atoms with E-state index in [0.29, 0.717) is 12.5 Å². The minimum Gasteiger partial charge on any atom is -0.338 e. The molecule has 1 amide bonds. The Bertz CT molecular complexity index is 1030. The second-order valence-corrected chi connectivity index (χ2v) is 9.05. The molecule has 0 atom stereocenters. The van der Waals surface area contributed by atoms with Crippen LogP contribution in [-0.4, -0.2) is 35.3 Å². The number of piperidine rings is 1. The van der Waals surface area contributed by atoms with Crippen molar-refractivity contribution in [1.29, 1.82) is 0 Å². The maximum absolute atomic E-state index is 13.2. The van der Waals surface area contributed by atoms with E-state index in [-0.39, 0.29) is 11.7 Å². The Morgan fingerprint density at radius 3 is 2.27 bits per heavy atom. The van der Waals surface area contributed by atoms with Gasteiger partial charge in [0.15, 0.2) is 0 Å². The van der Waals surface area contributed by atoms with Gasteiger partial charge in [-0.25, -0.2) is 4.39 Å². The molecule has 1 aliphatic heterocycles. The zero-order valence-corrected chi connectivity index (χ0v) is 19.4. The number of halogens is 1. The number of benzene rings is 3. The van der Waals surface area contributed by atoms with Gasteiger partial charge in [0.1, 0.15) is 5.82 Å². The van der Waals surface area contributed by atoms with Crippen LogP contribution in [0.15, 0.2) is 78.9 Å². The fourth-order valence-electron chi connectivity index (χ4n) is 4.79. The first-order chi connectivity index (χ1) is 16.1. The van der Waals surface area contributed by atoms with E-state index in [1.165, 1.54) is 28.8 Å². The van der Waals surface area contributed by atoms with Crippen LogP contribution in [0.5, 0.6) is 0 Å². The second-order valence-electron chi connectivity index (χ2n) is 9.05. The first-order valence-corrected chi connectivity index (χ1v) is 11.9. The van der Waals surface area contributed by atoms with Crippen molar-refractivity contribution < 1.29 is 9.18 Å². The molecule has 3 aromatic carbocycles. The summed E-state index contributed by atoms with van der Waals surface area (Å²) in [7, 11) is 0. The molecule has 0 bridgehead atoms. The summed E-state index contributed by atoms with van der Waals surface area (Å²) in [6.45, 7) is 5.98. The number of nitrogens with zero attached hydrogens (tertiary/aromatic N) is 2. The van der Waals surface area contributed by atoms with Gasteiger partial charge in [-0.3, -0.25) is 9.69 Å². The minimum absolute atomic E-state index is 0.120. The zero-order valence-electron chi connectivity index (χ0n) is 19.4. The number of carbonyl (C=O) groups is 1. The van der Waals surface area contributed by atoms with Crippen molar-refractivity contribution in [3.05, 3.63) is 107 Å². The van der Waals surface area contributed by atoms with Gasteiger partial charge >= 0.3 is 0 Å². The number of likely N-dealkylation sites (tertiary alicyclic amines) is 1. The van der Waals surface area contributed by atoms with E-state index in [4.69, 9.17) is 0 Å². The third-order valence-corrected chi connectivity index (χ3v) is 6.72. The topological polar surface area (TPSA) is 23.6 Å². The Morgan fingerprint density at radius 2 is 1.58 bits per heavy atom. The van der Waals surface area contributed by atoms with Gasteiger partial charge in [0.2, 0.25) is 5.91 Å². The van der Waals surface area contributed by atoms with Crippen LogP contribution in [-0.2, 0) is 24.3 Å². The Balaban J connectivity index is 1.37. The van der Waals surface area contributed by atoms with Crippen molar-refractivity contribution in [2.75, 3.05) is 19.6 Å². The summed E-state index contributed by atoms with van der Waals surface area (Å²) < 4.78 is 13.2. The quantitative estimate of drug-likeness (QED) is 0.439. The molecule has 0 aromatic heterocycles. The highest BCUT2D eigenvalue weighted by atomic mass is 19.1. The first kappa shape index (κ1) is 23.2. The lowest BCUT2D eigenvalue weighted by molar-refractivity contribution is -0.129. The molecule has 4 rings (SSSR count). The molecule has 1 heterocycles. The van der Waals surface area contributed by atoms with E-state index >= 15 is 0 Å². The molecule has 1 fully saturated rings. The van der Waals surface area contributed by atoms with Crippen LogP contribution in [0.4, 0.5) is 4.39 Å². The molecule has 4 heteroatoms. The second kappa shape index (κ2) is 11.2. The van der Waals surface area contributed by atoms with Crippen LogP contribution in [0.25, 0.3) is 0 Å².